The number of hydrogen-bond acceptors (Lipinski definition) is 1. The Morgan fingerprint density at radius 3 is 2.27 bits per heavy atom. The topological polar surface area (TPSA) is 23.9 Å². The van der Waals surface area contributed by atoms with Crippen molar-refractivity contribution in [3.05, 3.63) is 11.6 Å². The fourth-order valence-electron chi connectivity index (χ4n) is 0.765. The van der Waals surface area contributed by atoms with Crippen LogP contribution in [0, 0.1) is 11.3 Å². The molecular formula is C10H19N. The van der Waals surface area contributed by atoms with Crippen molar-refractivity contribution < 1.29 is 0 Å². The maximum atomic E-state index is 7.58. The summed E-state index contributed by atoms with van der Waals surface area (Å²) in [6.07, 6.45) is 4.09. The normalized spacial score (nSPS) is 12.3. The Bertz CT molecular complexity index is 154. The standard InChI is InChI=1S/C10H19N/c1-5-9(4)6-7-10(11)8(2)3/h5,8,11H,6-7H2,1-4H3/b9-5+,11-10?. The van der Waals surface area contributed by atoms with Crippen molar-refractivity contribution in [3.8, 4) is 0 Å². The predicted molar refractivity (Wildman–Crippen MR) is 51.2 cm³/mol. The third kappa shape index (κ3) is 4.77. The lowest BCUT2D eigenvalue weighted by Crippen LogP contribution is -2.05. The van der Waals surface area contributed by atoms with Crippen LogP contribution < -0.4 is 0 Å². The summed E-state index contributed by atoms with van der Waals surface area (Å²) < 4.78 is 0. The molecule has 1 N–H and O–H groups in total. The van der Waals surface area contributed by atoms with Gasteiger partial charge in [0.2, 0.25) is 0 Å². The van der Waals surface area contributed by atoms with Gasteiger partial charge in [-0.1, -0.05) is 25.5 Å². The fraction of sp³-hybridized carbons (Fsp3) is 0.700. The van der Waals surface area contributed by atoms with E-state index in [-0.39, 0.29) is 0 Å². The highest BCUT2D eigenvalue weighted by molar-refractivity contribution is 5.83. The lowest BCUT2D eigenvalue weighted by Gasteiger charge is -2.06. The van der Waals surface area contributed by atoms with Crippen molar-refractivity contribution in [1.29, 1.82) is 5.41 Å². The van der Waals surface area contributed by atoms with Crippen LogP contribution in [0.15, 0.2) is 11.6 Å². The van der Waals surface area contributed by atoms with Crippen molar-refractivity contribution in [2.45, 2.75) is 40.5 Å². The molecule has 0 unspecified atom stereocenters. The number of allylic oxidation sites excluding steroid dienone is 2. The molecule has 0 saturated heterocycles. The Hall–Kier alpha value is -0.590. The van der Waals surface area contributed by atoms with Gasteiger partial charge in [0.05, 0.1) is 0 Å². The molecule has 0 aromatic heterocycles. The molecule has 0 spiro atoms. The highest BCUT2D eigenvalue weighted by Gasteiger charge is 2.01. The molecule has 1 nitrogen and oxygen atoms in total. The summed E-state index contributed by atoms with van der Waals surface area (Å²) in [7, 11) is 0. The van der Waals surface area contributed by atoms with Crippen molar-refractivity contribution in [2.75, 3.05) is 0 Å². The van der Waals surface area contributed by atoms with Gasteiger partial charge in [0.15, 0.2) is 0 Å². The van der Waals surface area contributed by atoms with Crippen LogP contribution in [-0.4, -0.2) is 5.71 Å². The summed E-state index contributed by atoms with van der Waals surface area (Å²) in [5.74, 6) is 0.416. The minimum absolute atomic E-state index is 0.416. The minimum Gasteiger partial charge on any atom is -0.309 e. The van der Waals surface area contributed by atoms with Crippen molar-refractivity contribution >= 4 is 5.71 Å². The van der Waals surface area contributed by atoms with E-state index in [1.807, 2.05) is 6.92 Å². The molecule has 0 heterocycles. The molecule has 64 valence electrons. The third-order valence-electron chi connectivity index (χ3n) is 1.98. The molecule has 0 aliphatic rings. The molecule has 0 amide bonds. The van der Waals surface area contributed by atoms with Crippen molar-refractivity contribution in [1.82, 2.24) is 0 Å². The first kappa shape index (κ1) is 10.4. The summed E-state index contributed by atoms with van der Waals surface area (Å²) in [5.41, 5.74) is 2.25. The van der Waals surface area contributed by atoms with Gasteiger partial charge >= 0.3 is 0 Å². The summed E-state index contributed by atoms with van der Waals surface area (Å²) in [4.78, 5) is 0. The van der Waals surface area contributed by atoms with E-state index < -0.39 is 0 Å². The molecule has 0 bridgehead atoms. The average Bonchev–Trinajstić information content (AvgIpc) is 1.99. The Balaban J connectivity index is 3.63. The molecule has 0 fully saturated rings. The van der Waals surface area contributed by atoms with Crippen LogP contribution in [0.3, 0.4) is 0 Å². The highest BCUT2D eigenvalue weighted by Crippen LogP contribution is 2.08. The molecule has 0 saturated carbocycles. The van der Waals surface area contributed by atoms with Gasteiger partial charge in [0.25, 0.3) is 0 Å². The zero-order valence-corrected chi connectivity index (χ0v) is 8.07. The van der Waals surface area contributed by atoms with Crippen molar-refractivity contribution in [3.63, 3.8) is 0 Å². The van der Waals surface area contributed by atoms with Crippen LogP contribution in [0.4, 0.5) is 0 Å². The van der Waals surface area contributed by atoms with Crippen LogP contribution in [0.2, 0.25) is 0 Å². The predicted octanol–water partition coefficient (Wildman–Crippen LogP) is 3.41. The maximum Gasteiger partial charge on any atom is 0.0118 e. The van der Waals surface area contributed by atoms with E-state index in [4.69, 9.17) is 5.41 Å². The van der Waals surface area contributed by atoms with Crippen LogP contribution in [0.5, 0.6) is 0 Å². The van der Waals surface area contributed by atoms with Crippen molar-refractivity contribution in [2.24, 2.45) is 5.92 Å². The molecule has 0 aromatic rings. The van der Waals surface area contributed by atoms with E-state index in [0.717, 1.165) is 18.6 Å². The first-order chi connectivity index (χ1) is 5.07. The SMILES string of the molecule is C/C=C(\C)CCC(=N)C(C)C. The van der Waals surface area contributed by atoms with E-state index in [1.54, 1.807) is 0 Å². The molecule has 0 atom stereocenters. The Morgan fingerprint density at radius 1 is 1.36 bits per heavy atom. The smallest absolute Gasteiger partial charge is 0.0118 e. The van der Waals surface area contributed by atoms with Crippen LogP contribution >= 0.6 is 0 Å². The van der Waals surface area contributed by atoms with Gasteiger partial charge < -0.3 is 5.41 Å². The summed E-state index contributed by atoms with van der Waals surface area (Å²) in [6, 6.07) is 0. The quantitative estimate of drug-likeness (QED) is 0.473. The molecule has 0 radical (unpaired) electrons. The molecule has 0 rings (SSSR count). The lowest BCUT2D eigenvalue weighted by molar-refractivity contribution is 0.825. The van der Waals surface area contributed by atoms with Gasteiger partial charge in [-0.05, 0) is 32.6 Å². The monoisotopic (exact) mass is 153 g/mol. The van der Waals surface area contributed by atoms with E-state index >= 15 is 0 Å². The Kier molecular flexibility index (Phi) is 4.84. The van der Waals surface area contributed by atoms with Crippen LogP contribution in [0.1, 0.15) is 40.5 Å². The van der Waals surface area contributed by atoms with Crippen LogP contribution in [-0.2, 0) is 0 Å². The second kappa shape index (κ2) is 5.11. The number of nitrogens with one attached hydrogen (secondary N) is 1. The summed E-state index contributed by atoms with van der Waals surface area (Å²) in [6.45, 7) is 8.32. The van der Waals surface area contributed by atoms with Gasteiger partial charge in [-0.15, -0.1) is 0 Å². The molecule has 11 heavy (non-hydrogen) atoms. The highest BCUT2D eigenvalue weighted by atomic mass is 14.4. The molecule has 0 aliphatic carbocycles. The molecule has 1 heteroatoms. The lowest BCUT2D eigenvalue weighted by atomic mass is 10.0. The second-order valence-electron chi connectivity index (χ2n) is 3.31. The van der Waals surface area contributed by atoms with Crippen LogP contribution in [0.25, 0.3) is 0 Å². The van der Waals surface area contributed by atoms with Gasteiger partial charge in [0, 0.05) is 5.71 Å². The van der Waals surface area contributed by atoms with Gasteiger partial charge in [-0.3, -0.25) is 0 Å². The minimum atomic E-state index is 0.416. The van der Waals surface area contributed by atoms with E-state index in [2.05, 4.69) is 26.8 Å². The van der Waals surface area contributed by atoms with E-state index in [9.17, 15) is 0 Å². The molecular weight excluding hydrogens is 134 g/mol. The Morgan fingerprint density at radius 2 is 1.91 bits per heavy atom. The van der Waals surface area contributed by atoms with Gasteiger partial charge in [-0.25, -0.2) is 0 Å². The fourth-order valence-corrected chi connectivity index (χ4v) is 0.765. The third-order valence-corrected chi connectivity index (χ3v) is 1.98. The first-order valence-corrected chi connectivity index (χ1v) is 4.27. The average molecular weight is 153 g/mol. The zero-order valence-electron chi connectivity index (χ0n) is 8.07. The van der Waals surface area contributed by atoms with Gasteiger partial charge in [0.1, 0.15) is 0 Å². The summed E-state index contributed by atoms with van der Waals surface area (Å²) >= 11 is 0. The number of rotatable bonds is 4. The van der Waals surface area contributed by atoms with E-state index in [1.165, 1.54) is 5.57 Å². The summed E-state index contributed by atoms with van der Waals surface area (Å²) in [5, 5.41) is 7.58. The van der Waals surface area contributed by atoms with Gasteiger partial charge in [-0.2, -0.15) is 0 Å². The Labute approximate surface area is 70.0 Å². The van der Waals surface area contributed by atoms with E-state index in [0.29, 0.717) is 5.92 Å². The molecule has 0 aromatic carbocycles. The number of hydrogen-bond donors (Lipinski definition) is 1. The molecule has 0 aliphatic heterocycles. The second-order valence-corrected chi connectivity index (χ2v) is 3.31. The zero-order chi connectivity index (χ0) is 8.85. The maximum absolute atomic E-state index is 7.58. The first-order valence-electron chi connectivity index (χ1n) is 4.27. The largest absolute Gasteiger partial charge is 0.309 e.